The van der Waals surface area contributed by atoms with E-state index in [1.807, 2.05) is 6.07 Å². The minimum Gasteiger partial charge on any atom is -0.482 e. The molecular weight excluding hydrogens is 315 g/mol. The van der Waals surface area contributed by atoms with Gasteiger partial charge in [0.25, 0.3) is 5.91 Å². The second-order valence-electron chi connectivity index (χ2n) is 4.64. The third-order valence-corrected chi connectivity index (χ3v) is 2.81. The number of esters is 1. The maximum Gasteiger partial charge on any atom is 0.344 e. The average molecular weight is 328 g/mol. The fourth-order valence-electron chi connectivity index (χ4n) is 1.72. The summed E-state index contributed by atoms with van der Waals surface area (Å²) in [6, 6.07) is 13.4. The number of amides is 1. The van der Waals surface area contributed by atoms with E-state index < -0.39 is 30.9 Å². The number of carbonyl (C=O) groups is 2. The van der Waals surface area contributed by atoms with Crippen LogP contribution in [0.3, 0.4) is 0 Å². The number of nitrogens with one attached hydrogen (secondary N) is 1. The molecule has 2 rings (SSSR count). The number of halogens is 1. The van der Waals surface area contributed by atoms with Crippen molar-refractivity contribution in [3.05, 3.63) is 59.9 Å². The predicted octanol–water partition coefficient (Wildman–Crippen LogP) is 2.26. The summed E-state index contributed by atoms with van der Waals surface area (Å²) >= 11 is 0. The maximum absolute atomic E-state index is 12.7. The van der Waals surface area contributed by atoms with Gasteiger partial charge in [0, 0.05) is 5.69 Å². The Morgan fingerprint density at radius 2 is 1.88 bits per heavy atom. The summed E-state index contributed by atoms with van der Waals surface area (Å²) < 4.78 is 22.6. The number of nitrogens with zero attached hydrogens (tertiary/aromatic N) is 1. The van der Waals surface area contributed by atoms with E-state index in [0.717, 1.165) is 0 Å². The molecule has 0 heterocycles. The molecule has 0 unspecified atom stereocenters. The molecule has 1 amide bonds. The molecule has 1 N–H and O–H groups in total. The minimum absolute atomic E-state index is 0.311. The third kappa shape index (κ3) is 5.42. The number of rotatable bonds is 6. The maximum atomic E-state index is 12.7. The van der Waals surface area contributed by atoms with E-state index in [1.54, 1.807) is 18.2 Å². The van der Waals surface area contributed by atoms with E-state index in [-0.39, 0.29) is 0 Å². The van der Waals surface area contributed by atoms with Crippen LogP contribution < -0.4 is 10.1 Å². The van der Waals surface area contributed by atoms with Crippen molar-refractivity contribution in [2.75, 3.05) is 18.5 Å². The van der Waals surface area contributed by atoms with Crippen LogP contribution in [0.15, 0.2) is 48.5 Å². The van der Waals surface area contributed by atoms with Crippen LogP contribution in [0, 0.1) is 17.1 Å². The minimum atomic E-state index is -0.736. The molecule has 2 aromatic carbocycles. The van der Waals surface area contributed by atoms with Gasteiger partial charge in [0.15, 0.2) is 13.2 Å². The molecule has 2 aromatic rings. The van der Waals surface area contributed by atoms with Crippen molar-refractivity contribution in [2.45, 2.75) is 0 Å². The molecule has 0 aliphatic carbocycles. The van der Waals surface area contributed by atoms with Crippen LogP contribution in [0.4, 0.5) is 10.1 Å². The zero-order chi connectivity index (χ0) is 17.4. The van der Waals surface area contributed by atoms with Gasteiger partial charge < -0.3 is 14.8 Å². The topological polar surface area (TPSA) is 88.4 Å². The lowest BCUT2D eigenvalue weighted by molar-refractivity contribution is -0.149. The Morgan fingerprint density at radius 3 is 2.58 bits per heavy atom. The van der Waals surface area contributed by atoms with Crippen molar-refractivity contribution in [3.63, 3.8) is 0 Å². The number of ether oxygens (including phenoxy) is 2. The zero-order valence-electron chi connectivity index (χ0n) is 12.5. The van der Waals surface area contributed by atoms with E-state index in [9.17, 15) is 14.0 Å². The molecule has 0 bridgehead atoms. The van der Waals surface area contributed by atoms with Crippen LogP contribution in [0.1, 0.15) is 5.56 Å². The first-order chi connectivity index (χ1) is 11.6. The lowest BCUT2D eigenvalue weighted by Gasteiger charge is -2.08. The van der Waals surface area contributed by atoms with Crippen LogP contribution in [0.2, 0.25) is 0 Å². The Labute approximate surface area is 137 Å². The van der Waals surface area contributed by atoms with E-state index >= 15 is 0 Å². The van der Waals surface area contributed by atoms with E-state index in [0.29, 0.717) is 17.0 Å². The van der Waals surface area contributed by atoms with E-state index in [4.69, 9.17) is 14.7 Å². The number of carbonyl (C=O) groups excluding carboxylic acids is 2. The highest BCUT2D eigenvalue weighted by Gasteiger charge is 2.09. The molecule has 0 atom stereocenters. The SMILES string of the molecule is N#Cc1cccc(NC(=O)COC(=O)COc2ccc(F)cc2)c1. The molecule has 0 fully saturated rings. The van der Waals surface area contributed by atoms with E-state index in [2.05, 4.69) is 5.32 Å². The van der Waals surface area contributed by atoms with Crippen molar-refractivity contribution < 1.29 is 23.5 Å². The average Bonchev–Trinajstić information content (AvgIpc) is 2.59. The molecule has 122 valence electrons. The molecule has 7 heteroatoms. The third-order valence-electron chi connectivity index (χ3n) is 2.81. The second-order valence-corrected chi connectivity index (χ2v) is 4.64. The van der Waals surface area contributed by atoms with Crippen molar-refractivity contribution in [2.24, 2.45) is 0 Å². The van der Waals surface area contributed by atoms with Crippen LogP contribution in [-0.2, 0) is 14.3 Å². The highest BCUT2D eigenvalue weighted by molar-refractivity contribution is 5.93. The molecule has 6 nitrogen and oxygen atoms in total. The van der Waals surface area contributed by atoms with Crippen molar-refractivity contribution in [1.82, 2.24) is 0 Å². The normalized spacial score (nSPS) is 9.67. The molecular formula is C17H13FN2O4. The Hall–Kier alpha value is -3.40. The van der Waals surface area contributed by atoms with Gasteiger partial charge in [0.2, 0.25) is 0 Å². The van der Waals surface area contributed by atoms with Gasteiger partial charge in [-0.1, -0.05) is 6.07 Å². The molecule has 0 radical (unpaired) electrons. The fourth-order valence-corrected chi connectivity index (χ4v) is 1.72. The molecule has 0 aliphatic rings. The summed E-state index contributed by atoms with van der Waals surface area (Å²) in [4.78, 5) is 23.2. The predicted molar refractivity (Wildman–Crippen MR) is 82.6 cm³/mol. The molecule has 0 saturated heterocycles. The highest BCUT2D eigenvalue weighted by Crippen LogP contribution is 2.11. The van der Waals surface area contributed by atoms with E-state index in [1.165, 1.54) is 30.3 Å². The van der Waals surface area contributed by atoms with Gasteiger partial charge in [-0.3, -0.25) is 4.79 Å². The molecule has 0 saturated carbocycles. The van der Waals surface area contributed by atoms with Crippen LogP contribution in [0.5, 0.6) is 5.75 Å². The Balaban J connectivity index is 1.73. The summed E-state index contributed by atoms with van der Waals surface area (Å²) in [7, 11) is 0. The molecule has 0 spiro atoms. The zero-order valence-corrected chi connectivity index (χ0v) is 12.5. The van der Waals surface area contributed by atoms with Crippen LogP contribution in [0.25, 0.3) is 0 Å². The van der Waals surface area contributed by atoms with Gasteiger partial charge in [-0.05, 0) is 42.5 Å². The molecule has 0 aliphatic heterocycles. The standard InChI is InChI=1S/C17H13FN2O4/c18-13-4-6-15(7-5-13)23-11-17(22)24-10-16(21)20-14-3-1-2-12(8-14)9-19/h1-8H,10-11H2,(H,20,21). The van der Waals surface area contributed by atoms with Gasteiger partial charge in [-0.15, -0.1) is 0 Å². The monoisotopic (exact) mass is 328 g/mol. The van der Waals surface area contributed by atoms with Gasteiger partial charge in [0.05, 0.1) is 11.6 Å². The highest BCUT2D eigenvalue weighted by atomic mass is 19.1. The van der Waals surface area contributed by atoms with Gasteiger partial charge in [-0.25, -0.2) is 9.18 Å². The van der Waals surface area contributed by atoms with Crippen LogP contribution in [-0.4, -0.2) is 25.1 Å². The Kier molecular flexibility index (Phi) is 5.86. The first-order valence-electron chi connectivity index (χ1n) is 6.91. The smallest absolute Gasteiger partial charge is 0.344 e. The van der Waals surface area contributed by atoms with Crippen molar-refractivity contribution >= 4 is 17.6 Å². The van der Waals surface area contributed by atoms with Gasteiger partial charge >= 0.3 is 5.97 Å². The van der Waals surface area contributed by atoms with Gasteiger partial charge in [0.1, 0.15) is 11.6 Å². The lowest BCUT2D eigenvalue weighted by atomic mass is 10.2. The molecule has 0 aromatic heterocycles. The Bertz CT molecular complexity index is 769. The number of hydrogen-bond donors (Lipinski definition) is 1. The molecule has 24 heavy (non-hydrogen) atoms. The Morgan fingerprint density at radius 1 is 1.12 bits per heavy atom. The number of nitriles is 1. The fraction of sp³-hybridized carbons (Fsp3) is 0.118. The summed E-state index contributed by atoms with van der Waals surface area (Å²) in [5.41, 5.74) is 0.829. The summed E-state index contributed by atoms with van der Waals surface area (Å²) in [5, 5.41) is 11.3. The quantitative estimate of drug-likeness (QED) is 0.822. The van der Waals surface area contributed by atoms with Crippen LogP contribution >= 0.6 is 0 Å². The number of hydrogen-bond acceptors (Lipinski definition) is 5. The van der Waals surface area contributed by atoms with Crippen molar-refractivity contribution in [3.8, 4) is 11.8 Å². The van der Waals surface area contributed by atoms with Crippen molar-refractivity contribution in [1.29, 1.82) is 5.26 Å². The first kappa shape index (κ1) is 17.0. The van der Waals surface area contributed by atoms with Gasteiger partial charge in [-0.2, -0.15) is 5.26 Å². The lowest BCUT2D eigenvalue weighted by Crippen LogP contribution is -2.23. The second kappa shape index (κ2) is 8.29. The first-order valence-corrected chi connectivity index (χ1v) is 6.91. The summed E-state index contributed by atoms with van der Waals surface area (Å²) in [5.74, 6) is -1.38. The largest absolute Gasteiger partial charge is 0.482 e. The summed E-state index contributed by atoms with van der Waals surface area (Å²) in [6.45, 7) is -0.884. The summed E-state index contributed by atoms with van der Waals surface area (Å²) in [6.07, 6.45) is 0. The number of anilines is 1. The number of benzene rings is 2.